The number of aromatic nitrogens is 3. The Morgan fingerprint density at radius 3 is 2.96 bits per heavy atom. The van der Waals surface area contributed by atoms with Crippen LogP contribution in [0.5, 0.6) is 0 Å². The van der Waals surface area contributed by atoms with Crippen LogP contribution in [-0.4, -0.2) is 39.1 Å². The normalized spacial score (nSPS) is 21.7. The summed E-state index contributed by atoms with van der Waals surface area (Å²) in [5.41, 5.74) is 6.01. The second kappa shape index (κ2) is 6.25. The van der Waals surface area contributed by atoms with Crippen molar-refractivity contribution in [2.45, 2.75) is 19.4 Å². The molecule has 2 aromatic rings. The van der Waals surface area contributed by atoms with Gasteiger partial charge in [-0.25, -0.2) is 9.37 Å². The Labute approximate surface area is 137 Å². The molecule has 0 unspecified atom stereocenters. The molecule has 0 aliphatic carbocycles. The first kappa shape index (κ1) is 15.9. The predicted octanol–water partition coefficient (Wildman–Crippen LogP) is 1.61. The third-order valence-electron chi connectivity index (χ3n) is 4.13. The summed E-state index contributed by atoms with van der Waals surface area (Å²) >= 11 is 5.81. The number of carbonyl (C=O) groups is 1. The zero-order valence-corrected chi connectivity index (χ0v) is 13.3. The molecular weight excluding hydrogens is 321 g/mol. The maximum atomic E-state index is 14.1. The lowest BCUT2D eigenvalue weighted by Crippen LogP contribution is -2.29. The van der Waals surface area contributed by atoms with Gasteiger partial charge in [-0.1, -0.05) is 23.7 Å². The first-order valence-corrected chi connectivity index (χ1v) is 7.67. The van der Waals surface area contributed by atoms with Crippen molar-refractivity contribution in [3.63, 3.8) is 0 Å². The van der Waals surface area contributed by atoms with Crippen molar-refractivity contribution in [2.24, 2.45) is 11.7 Å². The Bertz CT molecular complexity index is 734. The number of nitrogens with two attached hydrogens (primary N) is 1. The number of H-pyrrole nitrogens is 1. The lowest BCUT2D eigenvalue weighted by atomic mass is 9.95. The van der Waals surface area contributed by atoms with E-state index in [9.17, 15) is 9.18 Å². The minimum Gasteiger partial charge on any atom is -0.369 e. The van der Waals surface area contributed by atoms with E-state index in [4.69, 9.17) is 17.3 Å². The van der Waals surface area contributed by atoms with Crippen molar-refractivity contribution in [1.29, 1.82) is 0 Å². The van der Waals surface area contributed by atoms with Crippen LogP contribution in [0.3, 0.4) is 0 Å². The molecular formula is C15H17ClFN5O. The lowest BCUT2D eigenvalue weighted by Gasteiger charge is -2.16. The van der Waals surface area contributed by atoms with Crippen LogP contribution in [0.1, 0.15) is 23.1 Å². The van der Waals surface area contributed by atoms with Crippen molar-refractivity contribution in [3.05, 3.63) is 46.3 Å². The maximum Gasteiger partial charge on any atom is 0.222 e. The highest BCUT2D eigenvalue weighted by molar-refractivity contribution is 6.30. The van der Waals surface area contributed by atoms with Gasteiger partial charge in [-0.2, -0.15) is 5.10 Å². The number of carbonyl (C=O) groups excluding carboxylic acids is 1. The Balaban J connectivity index is 1.80. The number of halogens is 2. The standard InChI is InChI=1S/C15H17ClFN5O/c1-8-19-15(21-20-8)11-7-22(6-10(11)14(18)23)5-9-3-2-4-12(16)13(9)17/h2-4,10-11H,5-7H2,1H3,(H2,18,23)(H,19,20,21)/t10-,11-/m1/s1. The number of amides is 1. The molecule has 122 valence electrons. The van der Waals surface area contributed by atoms with E-state index in [1.807, 2.05) is 4.90 Å². The molecule has 3 rings (SSSR count). The molecule has 0 spiro atoms. The first-order valence-electron chi connectivity index (χ1n) is 7.29. The van der Waals surface area contributed by atoms with E-state index < -0.39 is 17.6 Å². The second-order valence-corrected chi connectivity index (χ2v) is 6.21. The molecule has 2 atom stereocenters. The molecule has 1 aliphatic rings. The topological polar surface area (TPSA) is 87.9 Å². The fourth-order valence-corrected chi connectivity index (χ4v) is 3.20. The molecule has 8 heteroatoms. The number of nitrogens with one attached hydrogen (secondary N) is 1. The van der Waals surface area contributed by atoms with Crippen molar-refractivity contribution in [1.82, 2.24) is 20.1 Å². The average molecular weight is 338 g/mol. The zero-order chi connectivity index (χ0) is 16.6. The molecule has 0 saturated carbocycles. The van der Waals surface area contributed by atoms with Crippen LogP contribution in [0.25, 0.3) is 0 Å². The minimum atomic E-state index is -0.429. The highest BCUT2D eigenvalue weighted by Gasteiger charge is 2.39. The van der Waals surface area contributed by atoms with Gasteiger partial charge in [0.1, 0.15) is 11.6 Å². The number of nitrogens with zero attached hydrogens (tertiary/aromatic N) is 3. The highest BCUT2D eigenvalue weighted by atomic mass is 35.5. The largest absolute Gasteiger partial charge is 0.369 e. The Morgan fingerprint density at radius 1 is 1.52 bits per heavy atom. The molecule has 1 aromatic heterocycles. The molecule has 6 nitrogen and oxygen atoms in total. The Kier molecular flexibility index (Phi) is 4.32. The van der Waals surface area contributed by atoms with Gasteiger partial charge in [0.05, 0.1) is 10.9 Å². The molecule has 2 heterocycles. The molecule has 1 fully saturated rings. The quantitative estimate of drug-likeness (QED) is 0.887. The highest BCUT2D eigenvalue weighted by Crippen LogP contribution is 2.32. The number of aromatic amines is 1. The van der Waals surface area contributed by atoms with Crippen LogP contribution < -0.4 is 5.73 Å². The van der Waals surface area contributed by atoms with E-state index in [0.29, 0.717) is 36.8 Å². The van der Waals surface area contributed by atoms with Crippen molar-refractivity contribution >= 4 is 17.5 Å². The molecule has 1 saturated heterocycles. The Hall–Kier alpha value is -1.99. The minimum absolute atomic E-state index is 0.0919. The van der Waals surface area contributed by atoms with Gasteiger partial charge in [-0.3, -0.25) is 14.8 Å². The van der Waals surface area contributed by atoms with Crippen LogP contribution in [0.4, 0.5) is 4.39 Å². The summed E-state index contributed by atoms with van der Waals surface area (Å²) < 4.78 is 14.1. The van der Waals surface area contributed by atoms with Gasteiger partial charge in [-0.15, -0.1) is 0 Å². The third-order valence-corrected chi connectivity index (χ3v) is 4.42. The number of aryl methyl sites for hydroxylation is 1. The van der Waals surface area contributed by atoms with E-state index in [-0.39, 0.29) is 10.9 Å². The molecule has 0 radical (unpaired) electrons. The van der Waals surface area contributed by atoms with Crippen molar-refractivity contribution in [3.8, 4) is 0 Å². The van der Waals surface area contributed by atoms with Crippen molar-refractivity contribution in [2.75, 3.05) is 13.1 Å². The summed E-state index contributed by atoms with van der Waals surface area (Å²) in [6, 6.07) is 4.90. The van der Waals surface area contributed by atoms with Gasteiger partial charge in [-0.05, 0) is 13.0 Å². The van der Waals surface area contributed by atoms with E-state index in [1.54, 1.807) is 19.1 Å². The monoisotopic (exact) mass is 337 g/mol. The Morgan fingerprint density at radius 2 is 2.30 bits per heavy atom. The van der Waals surface area contributed by atoms with Gasteiger partial charge in [0.25, 0.3) is 0 Å². The van der Waals surface area contributed by atoms with Crippen LogP contribution >= 0.6 is 11.6 Å². The van der Waals surface area contributed by atoms with Crippen LogP contribution in [0.2, 0.25) is 5.02 Å². The van der Waals surface area contributed by atoms with Crippen LogP contribution in [-0.2, 0) is 11.3 Å². The molecule has 1 aliphatic heterocycles. The molecule has 3 N–H and O–H groups in total. The number of likely N-dealkylation sites (tertiary alicyclic amines) is 1. The van der Waals surface area contributed by atoms with Gasteiger partial charge in [0, 0.05) is 31.1 Å². The summed E-state index contributed by atoms with van der Waals surface area (Å²) in [5.74, 6) is -0.163. The predicted molar refractivity (Wildman–Crippen MR) is 83.2 cm³/mol. The summed E-state index contributed by atoms with van der Waals surface area (Å²) in [4.78, 5) is 18.0. The summed E-state index contributed by atoms with van der Waals surface area (Å²) in [7, 11) is 0. The van der Waals surface area contributed by atoms with Gasteiger partial charge < -0.3 is 5.73 Å². The second-order valence-electron chi connectivity index (χ2n) is 5.80. The third kappa shape index (κ3) is 3.20. The molecule has 0 bridgehead atoms. The van der Waals surface area contributed by atoms with Crippen LogP contribution in [0.15, 0.2) is 18.2 Å². The van der Waals surface area contributed by atoms with E-state index in [2.05, 4.69) is 15.2 Å². The zero-order valence-electron chi connectivity index (χ0n) is 12.6. The number of hydrogen-bond donors (Lipinski definition) is 2. The molecule has 1 amide bonds. The summed E-state index contributed by atoms with van der Waals surface area (Å²) in [5, 5.41) is 7.01. The fraction of sp³-hybridized carbons (Fsp3) is 0.400. The SMILES string of the molecule is Cc1nc([C@@H]2CN(Cc3cccc(Cl)c3F)C[C@H]2C(N)=O)n[nH]1. The first-order chi connectivity index (χ1) is 11.0. The molecule has 1 aromatic carbocycles. The van der Waals surface area contributed by atoms with E-state index in [0.717, 1.165) is 0 Å². The summed E-state index contributed by atoms with van der Waals surface area (Å²) in [6.07, 6.45) is 0. The average Bonchev–Trinajstić information content (AvgIpc) is 3.10. The smallest absolute Gasteiger partial charge is 0.222 e. The maximum absolute atomic E-state index is 14.1. The number of rotatable bonds is 4. The van der Waals surface area contributed by atoms with Gasteiger partial charge >= 0.3 is 0 Å². The van der Waals surface area contributed by atoms with Gasteiger partial charge in [0.2, 0.25) is 5.91 Å². The van der Waals surface area contributed by atoms with E-state index in [1.165, 1.54) is 6.07 Å². The fourth-order valence-electron chi connectivity index (χ4n) is 3.00. The van der Waals surface area contributed by atoms with E-state index >= 15 is 0 Å². The number of primary amides is 1. The molecule has 23 heavy (non-hydrogen) atoms. The number of benzene rings is 1. The lowest BCUT2D eigenvalue weighted by molar-refractivity contribution is -0.121. The van der Waals surface area contributed by atoms with Crippen LogP contribution in [0, 0.1) is 18.7 Å². The number of hydrogen-bond acceptors (Lipinski definition) is 4. The van der Waals surface area contributed by atoms with Gasteiger partial charge in [0.15, 0.2) is 5.82 Å². The van der Waals surface area contributed by atoms with Crippen molar-refractivity contribution < 1.29 is 9.18 Å². The summed E-state index contributed by atoms with van der Waals surface area (Å²) in [6.45, 7) is 3.14.